The number of rotatable bonds is 3. The molecule has 1 aliphatic heterocycles. The van der Waals surface area contributed by atoms with Gasteiger partial charge in [-0.05, 0) is 25.0 Å². The molecule has 1 aliphatic rings. The summed E-state index contributed by atoms with van der Waals surface area (Å²) < 4.78 is 0. The van der Waals surface area contributed by atoms with E-state index in [9.17, 15) is 4.79 Å². The van der Waals surface area contributed by atoms with Crippen molar-refractivity contribution in [1.29, 1.82) is 0 Å². The smallest absolute Gasteiger partial charge is 0.242 e. The highest BCUT2D eigenvalue weighted by atomic mass is 16.2. The molecular weight excluding hydrogens is 230 g/mol. The minimum absolute atomic E-state index is 0.132. The van der Waals surface area contributed by atoms with Gasteiger partial charge in [0.15, 0.2) is 0 Å². The summed E-state index contributed by atoms with van der Waals surface area (Å²) >= 11 is 0. The minimum atomic E-state index is 0.132. The second kappa shape index (κ2) is 5.12. The predicted octanol–water partition coefficient (Wildman–Crippen LogP) is 0.305. The summed E-state index contributed by atoms with van der Waals surface area (Å²) in [6.45, 7) is 2.05. The number of amides is 1. The number of nitrogens with zero attached hydrogens (tertiary/aromatic N) is 3. The van der Waals surface area contributed by atoms with Crippen molar-refractivity contribution in [1.82, 2.24) is 9.88 Å². The Balaban J connectivity index is 2.00. The molecule has 2 heterocycles. The van der Waals surface area contributed by atoms with E-state index in [1.807, 2.05) is 11.9 Å². The molecule has 1 aromatic heterocycles. The van der Waals surface area contributed by atoms with Gasteiger partial charge in [-0.2, -0.15) is 0 Å². The number of pyridine rings is 1. The SMILES string of the molecule is CN(CC(=O)N1CCCC1)c1ccc(N)c(N)n1. The van der Waals surface area contributed by atoms with E-state index in [1.54, 1.807) is 17.0 Å². The lowest BCUT2D eigenvalue weighted by atomic mass is 10.3. The Morgan fingerprint density at radius 2 is 2.06 bits per heavy atom. The lowest BCUT2D eigenvalue weighted by Crippen LogP contribution is -2.37. The van der Waals surface area contributed by atoms with Crippen LogP contribution in [0, 0.1) is 0 Å². The molecule has 1 amide bonds. The molecule has 0 unspecified atom stereocenters. The molecule has 98 valence electrons. The second-order valence-corrected chi connectivity index (χ2v) is 4.59. The summed E-state index contributed by atoms with van der Waals surface area (Å²) in [5.74, 6) is 1.09. The third kappa shape index (κ3) is 2.64. The Labute approximate surface area is 107 Å². The molecule has 1 aromatic rings. The van der Waals surface area contributed by atoms with Gasteiger partial charge in [-0.1, -0.05) is 0 Å². The highest BCUT2D eigenvalue weighted by molar-refractivity contribution is 5.81. The van der Waals surface area contributed by atoms with Crippen LogP contribution in [-0.4, -0.2) is 42.5 Å². The maximum Gasteiger partial charge on any atom is 0.242 e. The maximum atomic E-state index is 12.0. The summed E-state index contributed by atoms with van der Waals surface area (Å²) in [5, 5.41) is 0. The molecule has 6 heteroatoms. The van der Waals surface area contributed by atoms with Crippen LogP contribution < -0.4 is 16.4 Å². The standard InChI is InChI=1S/C12H19N5O/c1-16(8-11(18)17-6-2-3-7-17)10-5-4-9(13)12(14)15-10/h4-5H,2-3,6-8,13H2,1H3,(H2,14,15). The van der Waals surface area contributed by atoms with Gasteiger partial charge in [-0.25, -0.2) is 4.98 Å². The van der Waals surface area contributed by atoms with Crippen molar-refractivity contribution >= 4 is 23.2 Å². The lowest BCUT2D eigenvalue weighted by Gasteiger charge is -2.22. The van der Waals surface area contributed by atoms with Crippen LogP contribution in [0.3, 0.4) is 0 Å². The predicted molar refractivity (Wildman–Crippen MR) is 72.1 cm³/mol. The molecular formula is C12H19N5O. The fourth-order valence-corrected chi connectivity index (χ4v) is 2.04. The van der Waals surface area contributed by atoms with Gasteiger partial charge in [-0.3, -0.25) is 4.79 Å². The number of anilines is 3. The van der Waals surface area contributed by atoms with E-state index in [-0.39, 0.29) is 5.91 Å². The lowest BCUT2D eigenvalue weighted by molar-refractivity contribution is -0.128. The highest BCUT2D eigenvalue weighted by Crippen LogP contribution is 2.17. The maximum absolute atomic E-state index is 12.0. The summed E-state index contributed by atoms with van der Waals surface area (Å²) in [4.78, 5) is 19.8. The second-order valence-electron chi connectivity index (χ2n) is 4.59. The van der Waals surface area contributed by atoms with Crippen LogP contribution >= 0.6 is 0 Å². The fraction of sp³-hybridized carbons (Fsp3) is 0.500. The molecule has 0 saturated carbocycles. The van der Waals surface area contributed by atoms with Crippen molar-refractivity contribution in [3.05, 3.63) is 12.1 Å². The van der Waals surface area contributed by atoms with E-state index in [4.69, 9.17) is 11.5 Å². The number of nitrogens with two attached hydrogens (primary N) is 2. The summed E-state index contributed by atoms with van der Waals surface area (Å²) in [7, 11) is 1.83. The fourth-order valence-electron chi connectivity index (χ4n) is 2.04. The van der Waals surface area contributed by atoms with E-state index in [2.05, 4.69) is 4.98 Å². The molecule has 18 heavy (non-hydrogen) atoms. The van der Waals surface area contributed by atoms with E-state index >= 15 is 0 Å². The van der Waals surface area contributed by atoms with Gasteiger partial charge in [0.05, 0.1) is 12.2 Å². The van der Waals surface area contributed by atoms with Crippen molar-refractivity contribution < 1.29 is 4.79 Å². The van der Waals surface area contributed by atoms with Gasteiger partial charge in [-0.15, -0.1) is 0 Å². The Hall–Kier alpha value is -1.98. The van der Waals surface area contributed by atoms with Crippen molar-refractivity contribution in [3.63, 3.8) is 0 Å². The summed E-state index contributed by atoms with van der Waals surface area (Å²) in [6.07, 6.45) is 2.20. The molecule has 0 bridgehead atoms. The third-order valence-corrected chi connectivity index (χ3v) is 3.17. The van der Waals surface area contributed by atoms with Crippen LogP contribution in [0.1, 0.15) is 12.8 Å². The zero-order valence-electron chi connectivity index (χ0n) is 10.6. The zero-order valence-corrected chi connectivity index (χ0v) is 10.6. The number of likely N-dealkylation sites (tertiary alicyclic amines) is 1. The largest absolute Gasteiger partial charge is 0.396 e. The van der Waals surface area contributed by atoms with Gasteiger partial charge in [0, 0.05) is 20.1 Å². The molecule has 6 nitrogen and oxygen atoms in total. The Bertz CT molecular complexity index is 442. The van der Waals surface area contributed by atoms with Gasteiger partial charge in [0.1, 0.15) is 11.6 Å². The van der Waals surface area contributed by atoms with Crippen LogP contribution in [0.4, 0.5) is 17.3 Å². The topological polar surface area (TPSA) is 88.5 Å². The molecule has 2 rings (SSSR count). The number of nitrogen functional groups attached to an aromatic ring is 2. The Morgan fingerprint density at radius 1 is 1.39 bits per heavy atom. The van der Waals surface area contributed by atoms with Crippen molar-refractivity contribution in [2.75, 3.05) is 43.0 Å². The first-order chi connectivity index (χ1) is 8.58. The van der Waals surface area contributed by atoms with Crippen LogP contribution in [0.2, 0.25) is 0 Å². The van der Waals surface area contributed by atoms with Gasteiger partial charge >= 0.3 is 0 Å². The number of hydrogen-bond donors (Lipinski definition) is 2. The van der Waals surface area contributed by atoms with Gasteiger partial charge < -0.3 is 21.3 Å². The first kappa shape index (κ1) is 12.5. The molecule has 1 saturated heterocycles. The van der Waals surface area contributed by atoms with Crippen LogP contribution in [0.5, 0.6) is 0 Å². The molecule has 0 radical (unpaired) electrons. The first-order valence-electron chi connectivity index (χ1n) is 6.09. The summed E-state index contributed by atoms with van der Waals surface area (Å²) in [5.41, 5.74) is 11.7. The van der Waals surface area contributed by atoms with Crippen molar-refractivity contribution in [3.8, 4) is 0 Å². The van der Waals surface area contributed by atoms with E-state index in [0.717, 1.165) is 25.9 Å². The monoisotopic (exact) mass is 249 g/mol. The number of hydrogen-bond acceptors (Lipinski definition) is 5. The average molecular weight is 249 g/mol. The van der Waals surface area contributed by atoms with E-state index in [0.29, 0.717) is 23.9 Å². The normalized spacial score (nSPS) is 14.8. The quantitative estimate of drug-likeness (QED) is 0.804. The Morgan fingerprint density at radius 3 is 2.67 bits per heavy atom. The van der Waals surface area contributed by atoms with Crippen LogP contribution in [0.25, 0.3) is 0 Å². The summed E-state index contributed by atoms with van der Waals surface area (Å²) in [6, 6.07) is 3.47. The highest BCUT2D eigenvalue weighted by Gasteiger charge is 2.19. The van der Waals surface area contributed by atoms with E-state index in [1.165, 1.54) is 0 Å². The zero-order chi connectivity index (χ0) is 13.1. The molecule has 0 aliphatic carbocycles. The molecule has 0 atom stereocenters. The van der Waals surface area contributed by atoms with Gasteiger partial charge in [0.25, 0.3) is 0 Å². The van der Waals surface area contributed by atoms with Gasteiger partial charge in [0.2, 0.25) is 5.91 Å². The first-order valence-corrected chi connectivity index (χ1v) is 6.09. The van der Waals surface area contributed by atoms with Crippen LogP contribution in [0.15, 0.2) is 12.1 Å². The molecule has 4 N–H and O–H groups in total. The number of likely N-dealkylation sites (N-methyl/N-ethyl adjacent to an activating group) is 1. The van der Waals surface area contributed by atoms with Crippen LogP contribution in [-0.2, 0) is 4.79 Å². The van der Waals surface area contributed by atoms with Crippen molar-refractivity contribution in [2.24, 2.45) is 0 Å². The number of carbonyl (C=O) groups excluding carboxylic acids is 1. The third-order valence-electron chi connectivity index (χ3n) is 3.17. The average Bonchev–Trinajstić information content (AvgIpc) is 2.86. The minimum Gasteiger partial charge on any atom is -0.396 e. The molecule has 1 fully saturated rings. The van der Waals surface area contributed by atoms with Crippen molar-refractivity contribution in [2.45, 2.75) is 12.8 Å². The van der Waals surface area contributed by atoms with E-state index < -0.39 is 0 Å². The number of carbonyl (C=O) groups is 1. The molecule has 0 aromatic carbocycles. The number of aromatic nitrogens is 1. The Kier molecular flexibility index (Phi) is 3.55. The molecule has 0 spiro atoms.